The average Bonchev–Trinajstić information content (AvgIpc) is 2.31. The van der Waals surface area contributed by atoms with Crippen LogP contribution in [0.25, 0.3) is 0 Å². The fourth-order valence-electron chi connectivity index (χ4n) is 2.33. The van der Waals surface area contributed by atoms with Crippen LogP contribution in [0, 0.1) is 11.8 Å². The van der Waals surface area contributed by atoms with E-state index in [0.29, 0.717) is 11.7 Å². The second-order valence-electron chi connectivity index (χ2n) is 4.57. The third kappa shape index (κ3) is 2.60. The number of hydrogen-bond donors (Lipinski definition) is 1. The van der Waals surface area contributed by atoms with Gasteiger partial charge in [0.05, 0.1) is 0 Å². The number of rotatable bonds is 3. The summed E-state index contributed by atoms with van der Waals surface area (Å²) in [6, 6.07) is 6.33. The van der Waals surface area contributed by atoms with E-state index in [1.165, 1.54) is 32.1 Å². The molecule has 86 valence electrons. The smallest absolute Gasteiger partial charge is 0.111 e. The van der Waals surface area contributed by atoms with Crippen molar-refractivity contribution in [2.75, 3.05) is 5.32 Å². The van der Waals surface area contributed by atoms with Crippen LogP contribution >= 0.6 is 0 Å². The van der Waals surface area contributed by atoms with Crippen molar-refractivity contribution in [2.24, 2.45) is 5.18 Å². The molecular weight excluding hydrogens is 200 g/mol. The zero-order valence-electron chi connectivity index (χ0n) is 9.70. The molecule has 1 N–H and O–H groups in total. The number of anilines is 1. The molecule has 0 bridgehead atoms. The third-order valence-corrected chi connectivity index (χ3v) is 3.27. The van der Waals surface area contributed by atoms with Crippen molar-refractivity contribution < 1.29 is 0 Å². The van der Waals surface area contributed by atoms with Crippen molar-refractivity contribution >= 4 is 11.4 Å². The Kier molecular flexibility index (Phi) is 3.54. The molecule has 0 unspecified atom stereocenters. The summed E-state index contributed by atoms with van der Waals surface area (Å²) in [5.41, 5.74) is 2.59. The van der Waals surface area contributed by atoms with Crippen LogP contribution in [0.5, 0.6) is 0 Å². The number of nitrogens with zero attached hydrogens (tertiary/aromatic N) is 1. The summed E-state index contributed by atoms with van der Waals surface area (Å²) in [6.07, 6.45) is 6.53. The van der Waals surface area contributed by atoms with Crippen molar-refractivity contribution in [3.05, 3.63) is 28.7 Å². The van der Waals surface area contributed by atoms with Gasteiger partial charge in [0.15, 0.2) is 0 Å². The first kappa shape index (κ1) is 11.1. The predicted molar refractivity (Wildman–Crippen MR) is 67.1 cm³/mol. The summed E-state index contributed by atoms with van der Waals surface area (Å²) in [5, 5.41) is 6.51. The highest BCUT2D eigenvalue weighted by Gasteiger charge is 2.13. The molecule has 2 rings (SSSR count). The van der Waals surface area contributed by atoms with Gasteiger partial charge in [0.1, 0.15) is 5.69 Å². The number of nitroso groups, excluding NO2 is 1. The second kappa shape index (κ2) is 5.10. The Labute approximate surface area is 96.2 Å². The van der Waals surface area contributed by atoms with Gasteiger partial charge in [0.25, 0.3) is 0 Å². The zero-order chi connectivity index (χ0) is 11.4. The Hall–Kier alpha value is -1.38. The van der Waals surface area contributed by atoms with Gasteiger partial charge >= 0.3 is 0 Å². The van der Waals surface area contributed by atoms with Crippen LogP contribution in [-0.4, -0.2) is 6.04 Å². The molecule has 0 aliphatic heterocycles. The van der Waals surface area contributed by atoms with Crippen LogP contribution in [0.4, 0.5) is 11.4 Å². The fourth-order valence-corrected chi connectivity index (χ4v) is 2.33. The predicted octanol–water partition coefficient (Wildman–Crippen LogP) is 4.14. The first-order chi connectivity index (χ1) is 7.79. The summed E-state index contributed by atoms with van der Waals surface area (Å²) in [4.78, 5) is 10.5. The minimum atomic E-state index is 0.536. The third-order valence-electron chi connectivity index (χ3n) is 3.27. The van der Waals surface area contributed by atoms with Crippen molar-refractivity contribution in [1.29, 1.82) is 0 Å². The highest BCUT2D eigenvalue weighted by atomic mass is 16.3. The Bertz CT molecular complexity index is 370. The summed E-state index contributed by atoms with van der Waals surface area (Å²) in [6.45, 7) is 1.92. The standard InChI is InChI=1S/C13H18N2O/c1-10-9-12(7-8-13(10)15-16)14-11-5-3-2-4-6-11/h7-9,11,14H,2-6H2,1H3. The maximum absolute atomic E-state index is 10.5. The molecular formula is C13H18N2O. The van der Waals surface area contributed by atoms with Crippen LogP contribution in [0.15, 0.2) is 23.4 Å². The Morgan fingerprint density at radius 1 is 1.25 bits per heavy atom. The molecule has 0 heterocycles. The zero-order valence-corrected chi connectivity index (χ0v) is 9.70. The largest absolute Gasteiger partial charge is 0.382 e. The Morgan fingerprint density at radius 3 is 2.62 bits per heavy atom. The molecule has 0 spiro atoms. The number of nitrogens with one attached hydrogen (secondary N) is 1. The van der Waals surface area contributed by atoms with Gasteiger partial charge in [-0.2, -0.15) is 0 Å². The highest BCUT2D eigenvalue weighted by Crippen LogP contribution is 2.25. The molecule has 1 aromatic carbocycles. The van der Waals surface area contributed by atoms with Crippen molar-refractivity contribution in [3.8, 4) is 0 Å². The summed E-state index contributed by atoms with van der Waals surface area (Å²) < 4.78 is 0. The molecule has 3 nitrogen and oxygen atoms in total. The average molecular weight is 218 g/mol. The number of aryl methyl sites for hydroxylation is 1. The van der Waals surface area contributed by atoms with E-state index in [0.717, 1.165) is 11.3 Å². The quantitative estimate of drug-likeness (QED) is 0.775. The lowest BCUT2D eigenvalue weighted by atomic mass is 9.95. The van der Waals surface area contributed by atoms with E-state index in [1.807, 2.05) is 19.1 Å². The minimum Gasteiger partial charge on any atom is -0.382 e. The molecule has 1 fully saturated rings. The normalized spacial score (nSPS) is 17.1. The molecule has 0 radical (unpaired) electrons. The van der Waals surface area contributed by atoms with Gasteiger partial charge < -0.3 is 5.32 Å². The van der Waals surface area contributed by atoms with Crippen molar-refractivity contribution in [2.45, 2.75) is 45.1 Å². The monoisotopic (exact) mass is 218 g/mol. The van der Waals surface area contributed by atoms with Gasteiger partial charge in [-0.15, -0.1) is 4.91 Å². The summed E-state index contributed by atoms with van der Waals surface area (Å²) in [5.74, 6) is 0. The van der Waals surface area contributed by atoms with Gasteiger partial charge in [0.2, 0.25) is 0 Å². The molecule has 0 aromatic heterocycles. The van der Waals surface area contributed by atoms with E-state index < -0.39 is 0 Å². The molecule has 0 atom stereocenters. The first-order valence-electron chi connectivity index (χ1n) is 6.00. The Balaban J connectivity index is 2.03. The van der Waals surface area contributed by atoms with Crippen molar-refractivity contribution in [3.63, 3.8) is 0 Å². The lowest BCUT2D eigenvalue weighted by Gasteiger charge is -2.24. The van der Waals surface area contributed by atoms with Crippen LogP contribution < -0.4 is 5.32 Å². The Morgan fingerprint density at radius 2 is 2.00 bits per heavy atom. The fraction of sp³-hybridized carbons (Fsp3) is 0.538. The summed E-state index contributed by atoms with van der Waals surface area (Å²) >= 11 is 0. The molecule has 1 aliphatic rings. The molecule has 1 aromatic rings. The first-order valence-corrected chi connectivity index (χ1v) is 6.00. The maximum Gasteiger partial charge on any atom is 0.111 e. The molecule has 1 saturated carbocycles. The molecule has 16 heavy (non-hydrogen) atoms. The number of benzene rings is 1. The lowest BCUT2D eigenvalue weighted by Crippen LogP contribution is -2.22. The van der Waals surface area contributed by atoms with Crippen LogP contribution in [0.2, 0.25) is 0 Å². The van der Waals surface area contributed by atoms with E-state index in [-0.39, 0.29) is 0 Å². The van der Waals surface area contributed by atoms with Crippen LogP contribution in [0.1, 0.15) is 37.7 Å². The SMILES string of the molecule is Cc1cc(NC2CCCCC2)ccc1N=O. The van der Waals surface area contributed by atoms with Crippen LogP contribution in [-0.2, 0) is 0 Å². The molecule has 1 aliphatic carbocycles. The summed E-state index contributed by atoms with van der Waals surface area (Å²) in [7, 11) is 0. The van der Waals surface area contributed by atoms with Gasteiger partial charge in [-0.25, -0.2) is 0 Å². The van der Waals surface area contributed by atoms with E-state index in [2.05, 4.69) is 10.5 Å². The van der Waals surface area contributed by atoms with Crippen LogP contribution in [0.3, 0.4) is 0 Å². The van der Waals surface area contributed by atoms with Gasteiger partial charge in [-0.05, 0) is 48.7 Å². The number of hydrogen-bond acceptors (Lipinski definition) is 3. The lowest BCUT2D eigenvalue weighted by molar-refractivity contribution is 0.463. The highest BCUT2D eigenvalue weighted by molar-refractivity contribution is 5.56. The van der Waals surface area contributed by atoms with Gasteiger partial charge in [-0.1, -0.05) is 19.3 Å². The van der Waals surface area contributed by atoms with E-state index >= 15 is 0 Å². The van der Waals surface area contributed by atoms with E-state index in [1.54, 1.807) is 6.07 Å². The van der Waals surface area contributed by atoms with Crippen molar-refractivity contribution in [1.82, 2.24) is 0 Å². The maximum atomic E-state index is 10.5. The topological polar surface area (TPSA) is 41.5 Å². The molecule has 0 saturated heterocycles. The second-order valence-corrected chi connectivity index (χ2v) is 4.57. The van der Waals surface area contributed by atoms with E-state index in [9.17, 15) is 4.91 Å². The molecule has 3 heteroatoms. The van der Waals surface area contributed by atoms with E-state index in [4.69, 9.17) is 0 Å². The van der Waals surface area contributed by atoms with Gasteiger partial charge in [-0.3, -0.25) is 0 Å². The van der Waals surface area contributed by atoms with Gasteiger partial charge in [0, 0.05) is 11.7 Å². The molecule has 0 amide bonds. The minimum absolute atomic E-state index is 0.536.